The molecule has 0 aliphatic carbocycles. The molecule has 1 aromatic carbocycles. The van der Waals surface area contributed by atoms with E-state index in [2.05, 4.69) is 11.9 Å². The normalized spacial score (nSPS) is 12.2. The van der Waals surface area contributed by atoms with Crippen molar-refractivity contribution in [2.75, 3.05) is 11.1 Å². The van der Waals surface area contributed by atoms with Gasteiger partial charge >= 0.3 is 0 Å². The second-order valence-electron chi connectivity index (χ2n) is 3.03. The van der Waals surface area contributed by atoms with E-state index in [1.807, 2.05) is 6.92 Å². The fourth-order valence-corrected chi connectivity index (χ4v) is 1.63. The van der Waals surface area contributed by atoms with Gasteiger partial charge in [0.1, 0.15) is 0 Å². The predicted molar refractivity (Wildman–Crippen MR) is 64.2 cm³/mol. The molecule has 0 amide bonds. The van der Waals surface area contributed by atoms with Crippen LogP contribution in [0, 0.1) is 0 Å². The first-order valence-electron chi connectivity index (χ1n) is 4.18. The number of anilines is 2. The first-order valence-corrected chi connectivity index (χ1v) is 4.93. The number of hydrogen-bond acceptors (Lipinski definition) is 2. The highest BCUT2D eigenvalue weighted by molar-refractivity contribution is 6.39. The topological polar surface area (TPSA) is 38.0 Å². The van der Waals surface area contributed by atoms with Crippen LogP contribution in [0.1, 0.15) is 6.92 Å². The van der Waals surface area contributed by atoms with Crippen molar-refractivity contribution >= 4 is 34.6 Å². The minimum Gasteiger partial charge on any atom is -0.399 e. The van der Waals surface area contributed by atoms with Gasteiger partial charge in [0.25, 0.3) is 0 Å². The van der Waals surface area contributed by atoms with E-state index in [4.69, 9.17) is 28.9 Å². The summed E-state index contributed by atoms with van der Waals surface area (Å²) in [5, 5.41) is 4.15. The van der Waals surface area contributed by atoms with Crippen LogP contribution in [0.4, 0.5) is 11.4 Å². The Morgan fingerprint density at radius 3 is 2.36 bits per heavy atom. The van der Waals surface area contributed by atoms with Crippen LogP contribution >= 0.6 is 23.2 Å². The van der Waals surface area contributed by atoms with E-state index >= 15 is 0 Å². The molecule has 0 aliphatic rings. The lowest BCUT2D eigenvalue weighted by Crippen LogP contribution is -2.12. The summed E-state index contributed by atoms with van der Waals surface area (Å²) in [5.41, 5.74) is 6.82. The number of nitrogen functional groups attached to an aromatic ring is 1. The van der Waals surface area contributed by atoms with E-state index in [0.29, 0.717) is 21.4 Å². The van der Waals surface area contributed by atoms with Gasteiger partial charge in [-0.25, -0.2) is 0 Å². The van der Waals surface area contributed by atoms with Gasteiger partial charge in [0, 0.05) is 11.7 Å². The van der Waals surface area contributed by atoms with Crippen LogP contribution in [0.25, 0.3) is 0 Å². The zero-order chi connectivity index (χ0) is 10.7. The number of hydrogen-bond donors (Lipinski definition) is 2. The number of benzene rings is 1. The molecule has 0 aromatic heterocycles. The van der Waals surface area contributed by atoms with E-state index in [0.717, 1.165) is 0 Å². The zero-order valence-corrected chi connectivity index (χ0v) is 9.36. The predicted octanol–water partition coefficient (Wildman–Crippen LogP) is 3.56. The largest absolute Gasteiger partial charge is 0.399 e. The van der Waals surface area contributed by atoms with Crippen molar-refractivity contribution in [2.45, 2.75) is 13.0 Å². The maximum atomic E-state index is 5.97. The molecule has 0 bridgehead atoms. The van der Waals surface area contributed by atoms with Crippen molar-refractivity contribution in [3.63, 3.8) is 0 Å². The molecule has 0 radical (unpaired) electrons. The molecule has 0 aliphatic heterocycles. The van der Waals surface area contributed by atoms with E-state index < -0.39 is 0 Å². The summed E-state index contributed by atoms with van der Waals surface area (Å²) in [4.78, 5) is 0. The lowest BCUT2D eigenvalue weighted by atomic mass is 10.2. The third kappa shape index (κ3) is 2.56. The Morgan fingerprint density at radius 2 is 1.93 bits per heavy atom. The summed E-state index contributed by atoms with van der Waals surface area (Å²) in [6.45, 7) is 5.61. The van der Waals surface area contributed by atoms with Crippen molar-refractivity contribution < 1.29 is 0 Å². The third-order valence-electron chi connectivity index (χ3n) is 1.79. The molecule has 3 N–H and O–H groups in total. The molecule has 1 atom stereocenters. The van der Waals surface area contributed by atoms with E-state index in [1.165, 1.54) is 0 Å². The van der Waals surface area contributed by atoms with E-state index in [9.17, 15) is 0 Å². The van der Waals surface area contributed by atoms with Crippen molar-refractivity contribution in [1.82, 2.24) is 0 Å². The van der Waals surface area contributed by atoms with E-state index in [-0.39, 0.29) is 6.04 Å². The van der Waals surface area contributed by atoms with Gasteiger partial charge in [-0.05, 0) is 19.1 Å². The average Bonchev–Trinajstić information content (AvgIpc) is 2.10. The maximum absolute atomic E-state index is 5.97. The number of rotatable bonds is 3. The number of nitrogens with one attached hydrogen (secondary N) is 1. The molecule has 1 rings (SSSR count). The fraction of sp³-hybridized carbons (Fsp3) is 0.200. The molecule has 0 heterocycles. The summed E-state index contributed by atoms with van der Waals surface area (Å²) < 4.78 is 0. The summed E-state index contributed by atoms with van der Waals surface area (Å²) in [5.74, 6) is 0. The highest BCUT2D eigenvalue weighted by Gasteiger charge is 2.08. The third-order valence-corrected chi connectivity index (χ3v) is 2.39. The Hall–Kier alpha value is -0.860. The van der Waals surface area contributed by atoms with Crippen molar-refractivity contribution in [1.29, 1.82) is 0 Å². The monoisotopic (exact) mass is 230 g/mol. The van der Waals surface area contributed by atoms with Gasteiger partial charge in [0.05, 0.1) is 15.7 Å². The Bertz CT molecular complexity index is 327. The van der Waals surface area contributed by atoms with Gasteiger partial charge in [-0.2, -0.15) is 0 Å². The van der Waals surface area contributed by atoms with Gasteiger partial charge in [-0.3, -0.25) is 0 Å². The molecule has 76 valence electrons. The summed E-state index contributed by atoms with van der Waals surface area (Å²) in [7, 11) is 0. The molecule has 2 nitrogen and oxygen atoms in total. The van der Waals surface area contributed by atoms with Crippen molar-refractivity contribution in [3.05, 3.63) is 34.8 Å². The maximum Gasteiger partial charge on any atom is 0.0725 e. The van der Waals surface area contributed by atoms with Crippen LogP contribution in [0.15, 0.2) is 24.8 Å². The number of nitrogens with two attached hydrogens (primary N) is 1. The molecule has 0 saturated carbocycles. The first-order chi connectivity index (χ1) is 6.54. The molecule has 0 fully saturated rings. The molecule has 0 spiro atoms. The standard InChI is InChI=1S/C10H12Cl2N2/c1-3-6(2)14-10-8(11)4-7(13)5-9(10)12/h3-6,14H,1,13H2,2H3. The minimum absolute atomic E-state index is 0.105. The highest BCUT2D eigenvalue weighted by atomic mass is 35.5. The fourth-order valence-electron chi connectivity index (χ4n) is 1.02. The van der Waals surface area contributed by atoms with Crippen LogP contribution in [-0.4, -0.2) is 6.04 Å². The number of halogens is 2. The van der Waals surface area contributed by atoms with Gasteiger partial charge in [0.2, 0.25) is 0 Å². The smallest absolute Gasteiger partial charge is 0.0725 e. The molecular weight excluding hydrogens is 219 g/mol. The van der Waals surface area contributed by atoms with Crippen molar-refractivity contribution in [2.24, 2.45) is 0 Å². The van der Waals surface area contributed by atoms with E-state index in [1.54, 1.807) is 18.2 Å². The SMILES string of the molecule is C=CC(C)Nc1c(Cl)cc(N)cc1Cl. The Labute approximate surface area is 93.7 Å². The lowest BCUT2D eigenvalue weighted by Gasteiger charge is -2.14. The van der Waals surface area contributed by atoms with Crippen LogP contribution in [0.2, 0.25) is 10.0 Å². The Kier molecular flexibility index (Phi) is 3.67. The molecule has 0 saturated heterocycles. The summed E-state index contributed by atoms with van der Waals surface area (Å²) >= 11 is 11.9. The Balaban J connectivity index is 3.02. The molecule has 4 heteroatoms. The van der Waals surface area contributed by atoms with Gasteiger partial charge in [-0.15, -0.1) is 6.58 Å². The van der Waals surface area contributed by atoms with Gasteiger partial charge in [-0.1, -0.05) is 29.3 Å². The highest BCUT2D eigenvalue weighted by Crippen LogP contribution is 2.33. The first kappa shape index (κ1) is 11.2. The molecule has 14 heavy (non-hydrogen) atoms. The van der Waals surface area contributed by atoms with Crippen LogP contribution in [0.3, 0.4) is 0 Å². The molecule has 1 aromatic rings. The summed E-state index contributed by atoms with van der Waals surface area (Å²) in [6.07, 6.45) is 1.77. The molecule has 1 unspecified atom stereocenters. The van der Waals surface area contributed by atoms with Crippen LogP contribution in [-0.2, 0) is 0 Å². The quantitative estimate of drug-likeness (QED) is 0.616. The lowest BCUT2D eigenvalue weighted by molar-refractivity contribution is 1.00. The average molecular weight is 231 g/mol. The zero-order valence-electron chi connectivity index (χ0n) is 7.85. The molecular formula is C10H12Cl2N2. The van der Waals surface area contributed by atoms with Crippen LogP contribution in [0.5, 0.6) is 0 Å². The second kappa shape index (κ2) is 4.58. The Morgan fingerprint density at radius 1 is 1.43 bits per heavy atom. The second-order valence-corrected chi connectivity index (χ2v) is 3.84. The van der Waals surface area contributed by atoms with Gasteiger partial charge < -0.3 is 11.1 Å². The van der Waals surface area contributed by atoms with Gasteiger partial charge in [0.15, 0.2) is 0 Å². The van der Waals surface area contributed by atoms with Crippen LogP contribution < -0.4 is 11.1 Å². The minimum atomic E-state index is 0.105. The summed E-state index contributed by atoms with van der Waals surface area (Å²) in [6, 6.07) is 3.42. The van der Waals surface area contributed by atoms with Crippen molar-refractivity contribution in [3.8, 4) is 0 Å².